The number of hydrogen-bond acceptors (Lipinski definition) is 6. The molecule has 8 heteroatoms. The van der Waals surface area contributed by atoms with Crippen LogP contribution in [0.4, 0.5) is 4.79 Å². The first-order valence-corrected chi connectivity index (χ1v) is 10.7. The van der Waals surface area contributed by atoms with Crippen molar-refractivity contribution in [3.8, 4) is 0 Å². The second-order valence-corrected chi connectivity index (χ2v) is 9.33. The lowest BCUT2D eigenvalue weighted by atomic mass is 9.84. The number of ether oxygens (including phenoxy) is 2. The van der Waals surface area contributed by atoms with Crippen molar-refractivity contribution >= 4 is 18.0 Å². The molecule has 0 radical (unpaired) electrons. The van der Waals surface area contributed by atoms with Crippen LogP contribution in [0.3, 0.4) is 0 Å². The van der Waals surface area contributed by atoms with Gasteiger partial charge in [0.25, 0.3) is 0 Å². The van der Waals surface area contributed by atoms with Crippen molar-refractivity contribution in [2.24, 2.45) is 11.8 Å². The molecule has 1 aliphatic heterocycles. The summed E-state index contributed by atoms with van der Waals surface area (Å²) in [7, 11) is 0. The molecule has 2 amide bonds. The average molecular weight is 412 g/mol. The molecule has 2 aliphatic rings. The molecule has 0 unspecified atom stereocenters. The minimum absolute atomic E-state index is 0.115. The summed E-state index contributed by atoms with van der Waals surface area (Å²) in [5, 5.41) is 2.61. The summed E-state index contributed by atoms with van der Waals surface area (Å²) < 4.78 is 10.6. The molecule has 29 heavy (non-hydrogen) atoms. The quantitative estimate of drug-likeness (QED) is 0.645. The van der Waals surface area contributed by atoms with Gasteiger partial charge in [-0.15, -0.1) is 0 Å². The molecule has 0 aromatic heterocycles. The Kier molecular flexibility index (Phi) is 8.31. The Bertz CT molecular complexity index is 575. The van der Waals surface area contributed by atoms with Gasteiger partial charge < -0.3 is 19.7 Å². The van der Waals surface area contributed by atoms with Crippen molar-refractivity contribution in [1.29, 1.82) is 0 Å². The molecule has 0 aromatic rings. The second-order valence-electron chi connectivity index (χ2n) is 9.33. The lowest BCUT2D eigenvalue weighted by Crippen LogP contribution is -2.52. The van der Waals surface area contributed by atoms with Gasteiger partial charge in [-0.3, -0.25) is 9.69 Å². The van der Waals surface area contributed by atoms with Crippen molar-refractivity contribution in [3.63, 3.8) is 0 Å². The predicted octanol–water partition coefficient (Wildman–Crippen LogP) is 2.02. The summed E-state index contributed by atoms with van der Waals surface area (Å²) in [4.78, 5) is 40.9. The molecular weight excluding hydrogens is 374 g/mol. The summed E-state index contributed by atoms with van der Waals surface area (Å²) in [6, 6.07) is -0.748. The summed E-state index contributed by atoms with van der Waals surface area (Å²) in [5.41, 5.74) is -0.627. The average Bonchev–Trinajstić information content (AvgIpc) is 2.56. The minimum atomic E-state index is -0.748. The number of piperazine rings is 1. The number of carbonyl (C=O) groups excluding carboxylic acids is 3. The third-order valence-corrected chi connectivity index (χ3v) is 5.38. The molecule has 2 rings (SSSR count). The van der Waals surface area contributed by atoms with Crippen LogP contribution >= 0.6 is 0 Å². The lowest BCUT2D eigenvalue weighted by Gasteiger charge is -2.38. The zero-order valence-electron chi connectivity index (χ0n) is 18.5. The second kappa shape index (κ2) is 10.3. The van der Waals surface area contributed by atoms with Crippen molar-refractivity contribution in [2.45, 2.75) is 65.5 Å². The number of hydrogen-bond donors (Lipinski definition) is 1. The zero-order chi connectivity index (χ0) is 21.6. The number of alkyl carbamates (subject to hydrolysis) is 1. The predicted molar refractivity (Wildman–Crippen MR) is 109 cm³/mol. The number of amides is 2. The van der Waals surface area contributed by atoms with E-state index in [1.165, 1.54) is 6.42 Å². The van der Waals surface area contributed by atoms with Gasteiger partial charge in [-0.25, -0.2) is 9.59 Å². The number of rotatable bonds is 7. The van der Waals surface area contributed by atoms with Gasteiger partial charge in [-0.05, 0) is 39.5 Å². The fourth-order valence-corrected chi connectivity index (χ4v) is 3.40. The molecule has 1 saturated carbocycles. The van der Waals surface area contributed by atoms with Gasteiger partial charge in [-0.2, -0.15) is 0 Å². The number of nitrogens with zero attached hydrogens (tertiary/aromatic N) is 2. The molecular formula is C21H37N3O5. The fourth-order valence-electron chi connectivity index (χ4n) is 3.40. The zero-order valence-corrected chi connectivity index (χ0v) is 18.5. The molecule has 2 fully saturated rings. The highest BCUT2D eigenvalue weighted by Gasteiger charge is 2.31. The van der Waals surface area contributed by atoms with Crippen LogP contribution in [0.15, 0.2) is 0 Å². The topological polar surface area (TPSA) is 88.2 Å². The first-order valence-electron chi connectivity index (χ1n) is 10.7. The standard InChI is InChI=1S/C21H37N3O5/c1-15(2)17(22-20(27)29-21(3,4)5)19(26)28-14-13-23-9-11-24(12-10-23)18(25)16-7-6-8-16/h15-17H,6-14H2,1-5H3,(H,22,27)/t17-/m1/s1. The van der Waals surface area contributed by atoms with E-state index < -0.39 is 23.7 Å². The van der Waals surface area contributed by atoms with Crippen molar-refractivity contribution in [2.75, 3.05) is 39.3 Å². The van der Waals surface area contributed by atoms with E-state index in [1.807, 2.05) is 18.7 Å². The molecule has 0 aromatic carbocycles. The molecule has 0 spiro atoms. The van der Waals surface area contributed by atoms with E-state index in [2.05, 4.69) is 10.2 Å². The molecule has 1 atom stereocenters. The number of carbonyl (C=O) groups is 3. The van der Waals surface area contributed by atoms with E-state index >= 15 is 0 Å². The van der Waals surface area contributed by atoms with Gasteiger partial charge in [0.1, 0.15) is 18.2 Å². The van der Waals surface area contributed by atoms with Gasteiger partial charge in [-0.1, -0.05) is 20.3 Å². The minimum Gasteiger partial charge on any atom is -0.463 e. The monoisotopic (exact) mass is 411 g/mol. The van der Waals surface area contributed by atoms with Crippen LogP contribution < -0.4 is 5.32 Å². The van der Waals surface area contributed by atoms with Crippen molar-refractivity contribution < 1.29 is 23.9 Å². The van der Waals surface area contributed by atoms with E-state index in [1.54, 1.807) is 20.8 Å². The Morgan fingerprint density at radius 3 is 2.17 bits per heavy atom. The van der Waals surface area contributed by atoms with E-state index in [-0.39, 0.29) is 18.4 Å². The van der Waals surface area contributed by atoms with Crippen molar-refractivity contribution in [1.82, 2.24) is 15.1 Å². The van der Waals surface area contributed by atoms with Crippen molar-refractivity contribution in [3.05, 3.63) is 0 Å². The third kappa shape index (κ3) is 7.49. The first kappa shape index (κ1) is 23.4. The highest BCUT2D eigenvalue weighted by molar-refractivity contribution is 5.81. The Morgan fingerprint density at radius 1 is 1.07 bits per heavy atom. The molecule has 1 heterocycles. The van der Waals surface area contributed by atoms with Crippen LogP contribution in [0.1, 0.15) is 53.9 Å². The maximum atomic E-state index is 12.4. The highest BCUT2D eigenvalue weighted by Crippen LogP contribution is 2.28. The molecule has 0 bridgehead atoms. The number of esters is 1. The third-order valence-electron chi connectivity index (χ3n) is 5.38. The summed E-state index contributed by atoms with van der Waals surface area (Å²) >= 11 is 0. The Hall–Kier alpha value is -1.83. The van der Waals surface area contributed by atoms with Crippen LogP contribution in [0.2, 0.25) is 0 Å². The van der Waals surface area contributed by atoms with Crippen LogP contribution in [0.5, 0.6) is 0 Å². The molecule has 8 nitrogen and oxygen atoms in total. The van der Waals surface area contributed by atoms with Crippen LogP contribution in [-0.4, -0.2) is 78.7 Å². The van der Waals surface area contributed by atoms with Crippen LogP contribution in [0, 0.1) is 11.8 Å². The van der Waals surface area contributed by atoms with Gasteiger partial charge >= 0.3 is 12.1 Å². The number of nitrogens with one attached hydrogen (secondary N) is 1. The maximum absolute atomic E-state index is 12.4. The van der Waals surface area contributed by atoms with E-state index in [0.717, 1.165) is 39.0 Å². The van der Waals surface area contributed by atoms with Gasteiger partial charge in [0, 0.05) is 38.6 Å². The highest BCUT2D eigenvalue weighted by atomic mass is 16.6. The SMILES string of the molecule is CC(C)[C@@H](NC(=O)OC(C)(C)C)C(=O)OCCN1CCN(C(=O)C2CCC2)CC1. The molecule has 166 valence electrons. The van der Waals surface area contributed by atoms with E-state index in [9.17, 15) is 14.4 Å². The van der Waals surface area contributed by atoms with Crippen LogP contribution in [-0.2, 0) is 19.1 Å². The smallest absolute Gasteiger partial charge is 0.408 e. The summed E-state index contributed by atoms with van der Waals surface area (Å²) in [6.07, 6.45) is 2.61. The van der Waals surface area contributed by atoms with Gasteiger partial charge in [0.15, 0.2) is 0 Å². The lowest BCUT2D eigenvalue weighted by molar-refractivity contribution is -0.148. The molecule has 1 N–H and O–H groups in total. The normalized spacial score (nSPS) is 19.4. The molecule has 1 saturated heterocycles. The van der Waals surface area contributed by atoms with Gasteiger partial charge in [0.05, 0.1) is 0 Å². The van der Waals surface area contributed by atoms with E-state index in [4.69, 9.17) is 9.47 Å². The Morgan fingerprint density at radius 2 is 1.69 bits per heavy atom. The first-order chi connectivity index (χ1) is 13.6. The fraction of sp³-hybridized carbons (Fsp3) is 0.857. The Balaban J connectivity index is 1.69. The van der Waals surface area contributed by atoms with E-state index in [0.29, 0.717) is 12.5 Å². The largest absolute Gasteiger partial charge is 0.463 e. The Labute approximate surface area is 174 Å². The van der Waals surface area contributed by atoms with Crippen LogP contribution in [0.25, 0.3) is 0 Å². The maximum Gasteiger partial charge on any atom is 0.408 e. The summed E-state index contributed by atoms with van der Waals surface area (Å²) in [5.74, 6) is -0.0241. The van der Waals surface area contributed by atoms with Gasteiger partial charge in [0.2, 0.25) is 5.91 Å². The molecule has 1 aliphatic carbocycles. The summed E-state index contributed by atoms with van der Waals surface area (Å²) in [6.45, 7) is 12.9.